The summed E-state index contributed by atoms with van der Waals surface area (Å²) >= 11 is 0. The molecule has 0 unspecified atom stereocenters. The van der Waals surface area contributed by atoms with Crippen LogP contribution in [-0.2, 0) is 20.1 Å². The van der Waals surface area contributed by atoms with Crippen molar-refractivity contribution >= 4 is 31.6 Å². The third-order valence-corrected chi connectivity index (χ3v) is 8.30. The Balaban J connectivity index is 0. The van der Waals surface area contributed by atoms with E-state index in [9.17, 15) is 25.2 Å². The van der Waals surface area contributed by atoms with E-state index in [1.165, 1.54) is 58.0 Å². The number of hydrogen-bond donors (Lipinski definition) is 0. The summed E-state index contributed by atoms with van der Waals surface area (Å²) < 4.78 is 59.2. The number of benzene rings is 3. The Hall–Kier alpha value is -2.79. The fourth-order valence-electron chi connectivity index (χ4n) is 3.58. The number of nitrogens with zero attached hydrogens (tertiary/aromatic N) is 2. The molecule has 1 aliphatic rings. The molecule has 0 heterocycles. The Morgan fingerprint density at radius 3 is 0.814 bits per heavy atom. The summed E-state index contributed by atoms with van der Waals surface area (Å²) in [4.78, 5) is 0. The maximum Gasteiger partial charge on any atom is 0 e. The average molecular weight is 817 g/mol. The van der Waals surface area contributed by atoms with Crippen molar-refractivity contribution in [1.82, 2.24) is 0 Å². The SMILES string of the molecule is CC#N.CC#N.C[C]1C(C)=C(C)C(C)=C1C.F[P-](F)(F)(F)(F)F.[Ir].c1ccc(P(c2ccccc2)c2ccccc2)cc1. The third kappa shape index (κ3) is 19.2. The van der Waals surface area contributed by atoms with Gasteiger partial charge in [0.2, 0.25) is 0 Å². The van der Waals surface area contributed by atoms with Gasteiger partial charge in [-0.15, -0.1) is 0 Å². The summed E-state index contributed by atoms with van der Waals surface area (Å²) in [5.74, 6) is 1.47. The molecule has 3 aromatic carbocycles. The van der Waals surface area contributed by atoms with Gasteiger partial charge in [0.05, 0.1) is 12.1 Å². The summed E-state index contributed by atoms with van der Waals surface area (Å²) in [6, 6.07) is 35.8. The molecule has 0 bridgehead atoms. The van der Waals surface area contributed by atoms with E-state index < -0.39 is 15.7 Å². The first-order chi connectivity index (χ1) is 19.3. The smallest absolute Gasteiger partial charge is 0 e. The Labute approximate surface area is 266 Å². The maximum absolute atomic E-state index is 10.7. The molecular formula is C32H36F6IrN2P2-. The van der Waals surface area contributed by atoms with Crippen LogP contribution in [0.25, 0.3) is 0 Å². The minimum Gasteiger partial charge on any atom is -0.0622 e. The van der Waals surface area contributed by atoms with Crippen molar-refractivity contribution in [3.8, 4) is 12.1 Å². The molecule has 0 saturated heterocycles. The quantitative estimate of drug-likeness (QED) is 0.195. The van der Waals surface area contributed by atoms with Gasteiger partial charge < -0.3 is 0 Å². The van der Waals surface area contributed by atoms with Crippen molar-refractivity contribution in [1.29, 1.82) is 10.5 Å². The Bertz CT molecular complexity index is 1260. The summed E-state index contributed by atoms with van der Waals surface area (Å²) in [5.41, 5.74) is 5.87. The number of hydrogen-bond acceptors (Lipinski definition) is 2. The maximum atomic E-state index is 9.87. The first kappa shape index (κ1) is 42.3. The van der Waals surface area contributed by atoms with Gasteiger partial charge in [0, 0.05) is 39.9 Å². The van der Waals surface area contributed by atoms with E-state index in [0.717, 1.165) is 0 Å². The van der Waals surface area contributed by atoms with Gasteiger partial charge in [-0.3, -0.25) is 0 Å². The second kappa shape index (κ2) is 18.1. The molecule has 0 aliphatic heterocycles. The van der Waals surface area contributed by atoms with Gasteiger partial charge in [0.15, 0.2) is 0 Å². The van der Waals surface area contributed by atoms with Crippen molar-refractivity contribution in [2.45, 2.75) is 48.5 Å². The summed E-state index contributed by atoms with van der Waals surface area (Å²) in [5, 5.41) is 18.8. The molecule has 236 valence electrons. The van der Waals surface area contributed by atoms with E-state index in [0.29, 0.717) is 0 Å². The number of allylic oxidation sites excluding steroid dienone is 4. The van der Waals surface area contributed by atoms with Gasteiger partial charge in [-0.05, 0) is 62.7 Å². The molecule has 4 rings (SSSR count). The molecule has 0 amide bonds. The van der Waals surface area contributed by atoms with Crippen molar-refractivity contribution in [2.24, 2.45) is 0 Å². The van der Waals surface area contributed by atoms with Gasteiger partial charge in [0.25, 0.3) is 0 Å². The minimum atomic E-state index is -10.7. The molecule has 0 atom stereocenters. The van der Waals surface area contributed by atoms with Crippen LogP contribution >= 0.6 is 15.7 Å². The normalized spacial score (nSPS) is 13.8. The minimum absolute atomic E-state index is 0. The van der Waals surface area contributed by atoms with Crippen LogP contribution in [0.3, 0.4) is 0 Å². The van der Waals surface area contributed by atoms with Crippen molar-refractivity contribution < 1.29 is 45.3 Å². The molecule has 0 fully saturated rings. The Kier molecular flexibility index (Phi) is 17.8. The van der Waals surface area contributed by atoms with E-state index in [-0.39, 0.29) is 20.1 Å². The standard InChI is InChI=1S/C18H15P.C10H15.2C2H3N.F6P.Ir/c1-4-10-16(11-5-1)19(17-12-6-2-7-13-17)18-14-8-3-9-15-18;1-6-7(2)9(4)10(5)8(6)3;2*1-2-3;1-7(2,3,4,5)6;/h1-15H;1-5H3;2*1H3;;/q;;;;-1;. The second-order valence-corrected chi connectivity index (χ2v) is 13.0. The number of halogens is 6. The largest absolute Gasteiger partial charge is 0.0622 e. The molecule has 0 spiro atoms. The van der Waals surface area contributed by atoms with E-state index >= 15 is 0 Å². The Morgan fingerprint density at radius 1 is 0.488 bits per heavy atom. The summed E-state index contributed by atoms with van der Waals surface area (Å²) in [6.45, 7) is 13.9. The molecule has 3 aromatic rings. The van der Waals surface area contributed by atoms with Crippen LogP contribution in [-0.4, -0.2) is 0 Å². The molecule has 0 saturated carbocycles. The fourth-order valence-corrected chi connectivity index (χ4v) is 5.89. The van der Waals surface area contributed by atoms with Crippen molar-refractivity contribution in [3.63, 3.8) is 0 Å². The molecule has 2 radical (unpaired) electrons. The number of nitriles is 2. The average Bonchev–Trinajstić information content (AvgIpc) is 3.08. The Morgan fingerprint density at radius 2 is 0.674 bits per heavy atom. The van der Waals surface area contributed by atoms with Gasteiger partial charge in [0.1, 0.15) is 0 Å². The second-order valence-electron chi connectivity index (χ2n) is 8.87. The topological polar surface area (TPSA) is 47.6 Å². The van der Waals surface area contributed by atoms with E-state index in [2.05, 4.69) is 126 Å². The zero-order chi connectivity index (χ0) is 32.6. The van der Waals surface area contributed by atoms with Crippen LogP contribution in [0, 0.1) is 28.6 Å². The van der Waals surface area contributed by atoms with Crippen LogP contribution in [0.4, 0.5) is 25.2 Å². The third-order valence-electron chi connectivity index (χ3n) is 5.86. The fraction of sp³-hybridized carbons (Fsp3) is 0.219. The first-order valence-corrected chi connectivity index (χ1v) is 16.0. The molecule has 2 nitrogen and oxygen atoms in total. The molecule has 0 aromatic heterocycles. The first-order valence-electron chi connectivity index (χ1n) is 12.6. The van der Waals surface area contributed by atoms with Crippen molar-refractivity contribution in [2.75, 3.05) is 0 Å². The molecule has 11 heteroatoms. The van der Waals surface area contributed by atoms with Crippen molar-refractivity contribution in [3.05, 3.63) is 119 Å². The van der Waals surface area contributed by atoms with Gasteiger partial charge in [-0.1, -0.05) is 109 Å². The molecular weight excluding hydrogens is 781 g/mol. The van der Waals surface area contributed by atoms with E-state index in [4.69, 9.17) is 10.5 Å². The van der Waals surface area contributed by atoms with E-state index in [1.807, 2.05) is 0 Å². The van der Waals surface area contributed by atoms with Crippen LogP contribution in [0.1, 0.15) is 48.5 Å². The molecule has 0 N–H and O–H groups in total. The van der Waals surface area contributed by atoms with Crippen LogP contribution < -0.4 is 15.9 Å². The van der Waals surface area contributed by atoms with E-state index in [1.54, 1.807) is 12.1 Å². The van der Waals surface area contributed by atoms with Crippen LogP contribution in [0.2, 0.25) is 0 Å². The zero-order valence-corrected chi connectivity index (χ0v) is 29.2. The van der Waals surface area contributed by atoms with Gasteiger partial charge in [-0.25, -0.2) is 0 Å². The summed E-state index contributed by atoms with van der Waals surface area (Å²) in [6.07, 6.45) is 0. The summed E-state index contributed by atoms with van der Waals surface area (Å²) in [7, 11) is -11.1. The predicted octanol–water partition coefficient (Wildman–Crippen LogP) is 11.2. The zero-order valence-electron chi connectivity index (χ0n) is 25.1. The monoisotopic (exact) mass is 817 g/mol. The van der Waals surface area contributed by atoms with Gasteiger partial charge >= 0.3 is 33.0 Å². The van der Waals surface area contributed by atoms with Crippen LogP contribution in [0.15, 0.2) is 113 Å². The van der Waals surface area contributed by atoms with Gasteiger partial charge in [-0.2, -0.15) is 10.5 Å². The predicted molar refractivity (Wildman–Crippen MR) is 167 cm³/mol. The number of rotatable bonds is 3. The molecule has 1 aliphatic carbocycles. The molecule has 43 heavy (non-hydrogen) atoms. The van der Waals surface area contributed by atoms with Crippen LogP contribution in [0.5, 0.6) is 0 Å².